The zero-order chi connectivity index (χ0) is 21.5. The van der Waals surface area contributed by atoms with Gasteiger partial charge in [-0.1, -0.05) is 61.3 Å². The molecule has 0 nitrogen and oxygen atoms in total. The SMILES string of the molecule is CC(C)C(C)[C@@]1(C)C[C@@H]1[C@@H](C)[C@H]1CC[C@H]2[C@@H]3CC[C@@H]4CCCC[C@]4(C)[C@H]3CC[C@]12C. The summed E-state index contributed by atoms with van der Waals surface area (Å²) >= 11 is 0. The highest BCUT2D eigenvalue weighted by Crippen LogP contribution is 2.71. The Morgan fingerprint density at radius 3 is 2.13 bits per heavy atom. The summed E-state index contributed by atoms with van der Waals surface area (Å²) in [6, 6.07) is 0. The second kappa shape index (κ2) is 7.25. The van der Waals surface area contributed by atoms with Gasteiger partial charge < -0.3 is 0 Å². The van der Waals surface area contributed by atoms with Gasteiger partial charge in [-0.2, -0.15) is 0 Å². The molecule has 5 saturated carbocycles. The maximum absolute atomic E-state index is 2.78. The van der Waals surface area contributed by atoms with E-state index in [4.69, 9.17) is 0 Å². The van der Waals surface area contributed by atoms with Gasteiger partial charge in [-0.3, -0.25) is 0 Å². The number of rotatable bonds is 4. The van der Waals surface area contributed by atoms with E-state index in [1.165, 1.54) is 19.3 Å². The zero-order valence-electron chi connectivity index (χ0n) is 21.5. The van der Waals surface area contributed by atoms with Crippen molar-refractivity contribution in [3.63, 3.8) is 0 Å². The molecular formula is C30H52. The molecule has 0 aromatic heterocycles. The summed E-state index contributed by atoms with van der Waals surface area (Å²) in [4.78, 5) is 0. The maximum atomic E-state index is 2.78. The lowest BCUT2D eigenvalue weighted by molar-refractivity contribution is -0.115. The number of hydrogen-bond acceptors (Lipinski definition) is 0. The Kier molecular flexibility index (Phi) is 5.27. The molecule has 11 atom stereocenters. The first kappa shape index (κ1) is 21.8. The summed E-state index contributed by atoms with van der Waals surface area (Å²) in [6.07, 6.45) is 17.0. The minimum Gasteiger partial charge on any atom is -0.0625 e. The van der Waals surface area contributed by atoms with Crippen molar-refractivity contribution in [2.24, 2.45) is 69.5 Å². The Bertz CT molecular complexity index is 648. The van der Waals surface area contributed by atoms with E-state index in [2.05, 4.69) is 48.5 Å². The highest BCUT2D eigenvalue weighted by atomic mass is 14.7. The summed E-state index contributed by atoms with van der Waals surface area (Å²) in [7, 11) is 0. The Hall–Kier alpha value is 0. The minimum atomic E-state index is 0.632. The largest absolute Gasteiger partial charge is 0.0625 e. The van der Waals surface area contributed by atoms with E-state index in [9.17, 15) is 0 Å². The van der Waals surface area contributed by atoms with Crippen molar-refractivity contribution in [3.8, 4) is 0 Å². The molecule has 0 aliphatic heterocycles. The van der Waals surface area contributed by atoms with Crippen LogP contribution in [0, 0.1) is 69.5 Å². The second-order valence-electron chi connectivity index (χ2n) is 14.3. The van der Waals surface area contributed by atoms with Crippen molar-refractivity contribution >= 4 is 0 Å². The summed E-state index contributed by atoms with van der Waals surface area (Å²) in [5, 5.41) is 0. The van der Waals surface area contributed by atoms with Crippen molar-refractivity contribution in [3.05, 3.63) is 0 Å². The second-order valence-corrected chi connectivity index (χ2v) is 14.3. The number of hydrogen-bond donors (Lipinski definition) is 0. The van der Waals surface area contributed by atoms with Gasteiger partial charge in [-0.05, 0) is 127 Å². The van der Waals surface area contributed by atoms with Crippen molar-refractivity contribution < 1.29 is 0 Å². The molecule has 172 valence electrons. The van der Waals surface area contributed by atoms with Gasteiger partial charge in [0.2, 0.25) is 0 Å². The van der Waals surface area contributed by atoms with E-state index in [-0.39, 0.29) is 0 Å². The molecule has 0 aromatic rings. The third-order valence-electron chi connectivity index (χ3n) is 13.3. The topological polar surface area (TPSA) is 0 Å². The van der Waals surface area contributed by atoms with Crippen LogP contribution >= 0.6 is 0 Å². The molecule has 30 heavy (non-hydrogen) atoms. The molecule has 0 N–H and O–H groups in total. The Morgan fingerprint density at radius 1 is 0.667 bits per heavy atom. The van der Waals surface area contributed by atoms with E-state index in [0.717, 1.165) is 53.3 Å². The zero-order valence-corrected chi connectivity index (χ0v) is 21.5. The third kappa shape index (κ3) is 2.96. The molecule has 0 amide bonds. The van der Waals surface area contributed by atoms with Gasteiger partial charge in [0.25, 0.3) is 0 Å². The summed E-state index contributed by atoms with van der Waals surface area (Å²) in [5.41, 5.74) is 1.99. The van der Waals surface area contributed by atoms with Crippen LogP contribution in [0.1, 0.15) is 119 Å². The minimum absolute atomic E-state index is 0.632. The quantitative estimate of drug-likeness (QED) is 0.432. The van der Waals surface area contributed by atoms with E-state index in [0.29, 0.717) is 16.2 Å². The molecule has 5 aliphatic carbocycles. The Morgan fingerprint density at radius 2 is 1.40 bits per heavy atom. The average molecular weight is 413 g/mol. The van der Waals surface area contributed by atoms with E-state index >= 15 is 0 Å². The monoisotopic (exact) mass is 412 g/mol. The van der Waals surface area contributed by atoms with E-state index in [1.807, 2.05) is 0 Å². The van der Waals surface area contributed by atoms with Crippen LogP contribution in [-0.2, 0) is 0 Å². The van der Waals surface area contributed by atoms with Crippen molar-refractivity contribution in [1.82, 2.24) is 0 Å². The lowest BCUT2D eigenvalue weighted by Gasteiger charge is -2.61. The molecule has 0 heteroatoms. The standard InChI is InChI=1S/C30H52/c1-19(2)21(4)30(7)18-27(30)20(3)24-13-14-25-23-12-11-22-10-8-9-16-28(22,5)26(23)15-17-29(24,25)6/h19-27H,8-18H2,1-7H3/t20-,21?,22-,23-,24+,25-,26-,27+,28-,29+,30+/m0/s1. The summed E-state index contributed by atoms with van der Waals surface area (Å²) in [5.74, 6) is 8.92. The highest BCUT2D eigenvalue weighted by Gasteiger charge is 2.64. The highest BCUT2D eigenvalue weighted by molar-refractivity contribution is 5.12. The first-order valence-electron chi connectivity index (χ1n) is 14.1. The molecule has 0 saturated heterocycles. The normalized spacial score (nSPS) is 54.8. The summed E-state index contributed by atoms with van der Waals surface area (Å²) < 4.78 is 0. The molecule has 0 heterocycles. The van der Waals surface area contributed by atoms with Gasteiger partial charge in [-0.25, -0.2) is 0 Å². The third-order valence-corrected chi connectivity index (χ3v) is 13.3. The van der Waals surface area contributed by atoms with E-state index in [1.54, 1.807) is 51.4 Å². The van der Waals surface area contributed by atoms with Gasteiger partial charge in [0.1, 0.15) is 0 Å². The predicted octanol–water partition coefficient (Wildman–Crippen LogP) is 8.99. The van der Waals surface area contributed by atoms with Gasteiger partial charge in [0.05, 0.1) is 0 Å². The molecule has 0 radical (unpaired) electrons. The molecule has 0 bridgehead atoms. The first-order chi connectivity index (χ1) is 14.1. The summed E-state index contributed by atoms with van der Waals surface area (Å²) in [6.45, 7) is 18.3. The van der Waals surface area contributed by atoms with Crippen LogP contribution in [-0.4, -0.2) is 0 Å². The fraction of sp³-hybridized carbons (Fsp3) is 1.00. The first-order valence-corrected chi connectivity index (χ1v) is 14.1. The fourth-order valence-electron chi connectivity index (χ4n) is 11.0. The molecule has 0 spiro atoms. The molecule has 0 aromatic carbocycles. The van der Waals surface area contributed by atoms with Crippen LogP contribution in [0.5, 0.6) is 0 Å². The van der Waals surface area contributed by atoms with Crippen LogP contribution in [0.2, 0.25) is 0 Å². The predicted molar refractivity (Wildman–Crippen MR) is 129 cm³/mol. The van der Waals surface area contributed by atoms with Crippen LogP contribution in [0.3, 0.4) is 0 Å². The van der Waals surface area contributed by atoms with E-state index < -0.39 is 0 Å². The lowest BCUT2D eigenvalue weighted by Crippen LogP contribution is -2.53. The Balaban J connectivity index is 1.34. The van der Waals surface area contributed by atoms with Crippen LogP contribution in [0.4, 0.5) is 0 Å². The molecule has 5 rings (SSSR count). The molecule has 1 unspecified atom stereocenters. The van der Waals surface area contributed by atoms with Gasteiger partial charge in [-0.15, -0.1) is 0 Å². The number of fused-ring (bicyclic) bond motifs is 5. The van der Waals surface area contributed by atoms with Crippen LogP contribution < -0.4 is 0 Å². The van der Waals surface area contributed by atoms with Crippen molar-refractivity contribution in [1.29, 1.82) is 0 Å². The maximum Gasteiger partial charge on any atom is -0.0264 e. The lowest BCUT2D eigenvalue weighted by atomic mass is 9.44. The molecule has 5 aliphatic rings. The Labute approximate surface area is 188 Å². The van der Waals surface area contributed by atoms with Crippen molar-refractivity contribution in [2.45, 2.75) is 119 Å². The fourth-order valence-corrected chi connectivity index (χ4v) is 11.0. The van der Waals surface area contributed by atoms with Crippen LogP contribution in [0.25, 0.3) is 0 Å². The average Bonchev–Trinajstić information content (AvgIpc) is 3.28. The van der Waals surface area contributed by atoms with Gasteiger partial charge in [0, 0.05) is 0 Å². The van der Waals surface area contributed by atoms with Crippen molar-refractivity contribution in [2.75, 3.05) is 0 Å². The van der Waals surface area contributed by atoms with Gasteiger partial charge >= 0.3 is 0 Å². The molecule has 5 fully saturated rings. The van der Waals surface area contributed by atoms with Gasteiger partial charge in [0.15, 0.2) is 0 Å². The smallest absolute Gasteiger partial charge is 0.0264 e. The molecular weight excluding hydrogens is 360 g/mol. The van der Waals surface area contributed by atoms with Crippen LogP contribution in [0.15, 0.2) is 0 Å².